The van der Waals surface area contributed by atoms with Crippen LogP contribution in [0.1, 0.15) is 10.5 Å². The first-order valence-corrected chi connectivity index (χ1v) is 3.81. The fourth-order valence-corrected chi connectivity index (χ4v) is 1.34. The third-order valence-electron chi connectivity index (χ3n) is 1.96. The average Bonchev–Trinajstić information content (AvgIpc) is 2.41. The summed E-state index contributed by atoms with van der Waals surface area (Å²) >= 11 is 0. The molecule has 0 unspecified atom stereocenters. The zero-order valence-corrected chi connectivity index (χ0v) is 6.87. The van der Waals surface area contributed by atoms with Crippen LogP contribution in [0.25, 0.3) is 10.9 Å². The molecular weight excluding hydrogens is 192 g/mol. The van der Waals surface area contributed by atoms with Crippen LogP contribution in [-0.4, -0.2) is 15.9 Å². The Kier molecular flexibility index (Phi) is 1.73. The Labute approximate surface area is 77.1 Å². The Morgan fingerprint density at radius 3 is 2.57 bits per heavy atom. The molecule has 1 aromatic carbocycles. The summed E-state index contributed by atoms with van der Waals surface area (Å²) in [6.07, 6.45) is 0. The molecule has 2 aromatic rings. The summed E-state index contributed by atoms with van der Waals surface area (Å²) in [5.74, 6) is -2.67. The van der Waals surface area contributed by atoms with Crippen LogP contribution in [0.5, 0.6) is 0 Å². The molecule has 1 aromatic heterocycles. The van der Waals surface area contributed by atoms with E-state index in [0.29, 0.717) is 0 Å². The molecule has 0 saturated heterocycles. The van der Waals surface area contributed by atoms with Crippen LogP contribution in [-0.2, 0) is 0 Å². The number of carbonyl (C=O) groups is 1. The van der Waals surface area contributed by atoms with Crippen molar-refractivity contribution >= 4 is 16.9 Å². The van der Waals surface area contributed by atoms with E-state index in [1.807, 2.05) is 0 Å². The van der Waals surface area contributed by atoms with Gasteiger partial charge in [0.25, 0.3) is 0 Å². The Morgan fingerprint density at radius 1 is 1.36 bits per heavy atom. The van der Waals surface area contributed by atoms with Crippen LogP contribution in [0, 0.1) is 5.82 Å². The minimum atomic E-state index is -1.62. The second-order valence-electron chi connectivity index (χ2n) is 2.77. The van der Waals surface area contributed by atoms with Crippen molar-refractivity contribution in [3.05, 3.63) is 35.8 Å². The Morgan fingerprint density at radius 2 is 2.00 bits per heavy atom. The number of nitrogens with zero attached hydrogens (tertiary/aromatic N) is 1. The van der Waals surface area contributed by atoms with Gasteiger partial charge in [0, 0.05) is 5.39 Å². The smallest absolute Gasteiger partial charge is 0.358 e. The highest BCUT2D eigenvalue weighted by atomic mass is 19.2. The van der Waals surface area contributed by atoms with Gasteiger partial charge >= 0.3 is 5.97 Å². The van der Waals surface area contributed by atoms with Crippen LogP contribution in [0.15, 0.2) is 24.3 Å². The fraction of sp³-hybridized carbons (Fsp3) is 0. The van der Waals surface area contributed by atoms with Gasteiger partial charge in [-0.2, -0.15) is 4.79 Å². The number of aromatic nitrogens is 1. The second-order valence-corrected chi connectivity index (χ2v) is 2.77. The number of aromatic carboxylic acids is 1. The van der Waals surface area contributed by atoms with Crippen molar-refractivity contribution in [2.24, 2.45) is 0 Å². The van der Waals surface area contributed by atoms with Crippen molar-refractivity contribution in [1.29, 1.82) is 0 Å². The predicted molar refractivity (Wildman–Crippen MR) is 45.4 cm³/mol. The van der Waals surface area contributed by atoms with Crippen molar-refractivity contribution in [3.8, 4) is 0 Å². The van der Waals surface area contributed by atoms with Gasteiger partial charge in [0.05, 0.1) is 5.52 Å². The number of carboxylic acids is 1. The molecule has 0 saturated carbocycles. The molecule has 3 nitrogen and oxygen atoms in total. The zero-order valence-electron chi connectivity index (χ0n) is 6.87. The van der Waals surface area contributed by atoms with Crippen LogP contribution < -0.4 is 0 Å². The lowest BCUT2D eigenvalue weighted by atomic mass is 10.2. The molecule has 0 radical (unpaired) electrons. The van der Waals surface area contributed by atoms with Gasteiger partial charge in [0.2, 0.25) is 0 Å². The van der Waals surface area contributed by atoms with Crippen molar-refractivity contribution in [2.45, 2.75) is 0 Å². The molecule has 72 valence electrons. The number of fused-ring (bicyclic) bond motifs is 1. The minimum absolute atomic E-state index is 0.0348. The normalized spacial score (nSPS) is 10.7. The van der Waals surface area contributed by atoms with Crippen LogP contribution >= 0.6 is 0 Å². The van der Waals surface area contributed by atoms with Crippen molar-refractivity contribution < 1.29 is 18.8 Å². The molecule has 1 N–H and O–H groups in total. The lowest BCUT2D eigenvalue weighted by molar-refractivity contribution is 0.0668. The van der Waals surface area contributed by atoms with Gasteiger partial charge in [0.15, 0.2) is 11.5 Å². The molecule has 1 heterocycles. The summed E-state index contributed by atoms with van der Waals surface area (Å²) in [6, 6.07) is 5.65. The summed E-state index contributed by atoms with van der Waals surface area (Å²) in [5, 5.41) is 8.51. The number of benzene rings is 1. The van der Waals surface area contributed by atoms with E-state index in [1.165, 1.54) is 24.3 Å². The van der Waals surface area contributed by atoms with Gasteiger partial charge in [-0.3, -0.25) is 0 Å². The highest BCUT2D eigenvalue weighted by Crippen LogP contribution is 2.24. The third-order valence-corrected chi connectivity index (χ3v) is 1.96. The molecule has 0 atom stereocenters. The van der Waals surface area contributed by atoms with E-state index in [4.69, 9.17) is 5.11 Å². The second kappa shape index (κ2) is 2.80. The minimum Gasteiger partial charge on any atom is -0.476 e. The molecule has 0 amide bonds. The highest BCUT2D eigenvalue weighted by Gasteiger charge is 2.22. The van der Waals surface area contributed by atoms with Gasteiger partial charge in [-0.1, -0.05) is 16.6 Å². The fourth-order valence-electron chi connectivity index (χ4n) is 1.34. The molecule has 2 rings (SSSR count). The molecule has 5 heteroatoms. The average molecular weight is 197 g/mol. The van der Waals surface area contributed by atoms with E-state index >= 15 is 0 Å². The molecule has 0 aliphatic rings. The first-order valence-electron chi connectivity index (χ1n) is 3.81. The van der Waals surface area contributed by atoms with E-state index in [2.05, 4.69) is 0 Å². The van der Waals surface area contributed by atoms with Crippen LogP contribution in [0.3, 0.4) is 0 Å². The summed E-state index contributed by atoms with van der Waals surface area (Å²) in [7, 11) is 0. The van der Waals surface area contributed by atoms with Crippen molar-refractivity contribution in [1.82, 2.24) is 4.79 Å². The van der Waals surface area contributed by atoms with E-state index < -0.39 is 17.5 Å². The molecule has 0 aliphatic carbocycles. The SMILES string of the molecule is O=C(O)c1c(F)c2ccccc2n1F. The highest BCUT2D eigenvalue weighted by molar-refractivity contribution is 5.94. The van der Waals surface area contributed by atoms with Crippen molar-refractivity contribution in [2.75, 3.05) is 0 Å². The monoisotopic (exact) mass is 197 g/mol. The van der Waals surface area contributed by atoms with Crippen LogP contribution in [0.4, 0.5) is 8.87 Å². The van der Waals surface area contributed by atoms with E-state index in [0.717, 1.165) is 0 Å². The number of carboxylic acid groups (broad SMARTS) is 1. The van der Waals surface area contributed by atoms with Gasteiger partial charge in [-0.15, -0.1) is 0 Å². The number of rotatable bonds is 1. The Balaban J connectivity index is 2.92. The maximum Gasteiger partial charge on any atom is 0.358 e. The van der Waals surface area contributed by atoms with Gasteiger partial charge in [-0.25, -0.2) is 9.18 Å². The molecule has 0 bridgehead atoms. The summed E-state index contributed by atoms with van der Waals surface area (Å²) in [4.78, 5) is 10.4. The van der Waals surface area contributed by atoms with Crippen LogP contribution in [0.2, 0.25) is 0 Å². The molecule has 0 aliphatic heterocycles. The summed E-state index contributed by atoms with van der Waals surface area (Å²) < 4.78 is 26.5. The first kappa shape index (κ1) is 8.68. The van der Waals surface area contributed by atoms with Gasteiger partial charge in [-0.05, 0) is 12.1 Å². The number of halogens is 2. The topological polar surface area (TPSA) is 42.2 Å². The third kappa shape index (κ3) is 0.985. The quantitative estimate of drug-likeness (QED) is 0.761. The Bertz CT molecular complexity index is 480. The van der Waals surface area contributed by atoms with Crippen molar-refractivity contribution in [3.63, 3.8) is 0 Å². The zero-order chi connectivity index (χ0) is 10.3. The number of para-hydroxylation sites is 1. The first-order chi connectivity index (χ1) is 6.63. The van der Waals surface area contributed by atoms with Gasteiger partial charge < -0.3 is 5.11 Å². The molecule has 0 spiro atoms. The lowest BCUT2D eigenvalue weighted by Crippen LogP contribution is -2.03. The van der Waals surface area contributed by atoms with E-state index in [1.54, 1.807) is 0 Å². The largest absolute Gasteiger partial charge is 0.476 e. The van der Waals surface area contributed by atoms with E-state index in [9.17, 15) is 13.7 Å². The maximum absolute atomic E-state index is 13.3. The molecule has 0 fully saturated rings. The van der Waals surface area contributed by atoms with Gasteiger partial charge in [0.1, 0.15) is 0 Å². The maximum atomic E-state index is 13.3. The lowest BCUT2D eigenvalue weighted by Gasteiger charge is -1.92. The predicted octanol–water partition coefficient (Wildman–Crippen LogP) is 2.21. The number of hydrogen-bond acceptors (Lipinski definition) is 1. The Hall–Kier alpha value is -1.91. The van der Waals surface area contributed by atoms with E-state index in [-0.39, 0.29) is 15.7 Å². The molecular formula is C9H5F2NO2. The summed E-state index contributed by atoms with van der Waals surface area (Å²) in [6.45, 7) is 0. The number of hydrogen-bond donors (Lipinski definition) is 1. The summed E-state index contributed by atoms with van der Waals surface area (Å²) in [5.41, 5.74) is -1.05. The molecule has 14 heavy (non-hydrogen) atoms. The standard InChI is InChI=1S/C9H5F2NO2/c10-7-5-3-1-2-4-6(5)12(11)8(7)9(13)14/h1-4H,(H,13,14).